The number of fused-ring (bicyclic) bond motifs is 2. The van der Waals surface area contributed by atoms with Crippen LogP contribution in [-0.2, 0) is 5.75 Å². The maximum Gasteiger partial charge on any atom is 0.269 e. The number of halogens is 2. The summed E-state index contributed by atoms with van der Waals surface area (Å²) in [5.41, 5.74) is 0.574. The molecule has 0 radical (unpaired) electrons. The molecule has 4 heterocycles. The Kier molecular flexibility index (Phi) is 4.76. The average Bonchev–Trinajstić information content (AvgIpc) is 3.59. The van der Waals surface area contributed by atoms with Gasteiger partial charge in [0.15, 0.2) is 33.9 Å². The van der Waals surface area contributed by atoms with Crippen molar-refractivity contribution >= 4 is 22.8 Å². The Balaban J connectivity index is 1.32. The van der Waals surface area contributed by atoms with Crippen molar-refractivity contribution in [2.24, 2.45) is 0 Å². The lowest BCUT2D eigenvalue weighted by Crippen LogP contribution is -2.21. The molecular formula is C21H12F2N6O4S. The molecule has 34 heavy (non-hydrogen) atoms. The Labute approximate surface area is 192 Å². The molecule has 1 N–H and O–H groups in total. The first-order chi connectivity index (χ1) is 16.6. The molecular weight excluding hydrogens is 470 g/mol. The molecule has 0 amide bonds. The van der Waals surface area contributed by atoms with Crippen molar-refractivity contribution < 1.29 is 22.8 Å². The second kappa shape index (κ2) is 7.95. The van der Waals surface area contributed by atoms with Gasteiger partial charge in [-0.05, 0) is 30.3 Å². The molecule has 2 aromatic carbocycles. The first-order valence-electron chi connectivity index (χ1n) is 9.84. The zero-order chi connectivity index (χ0) is 23.2. The summed E-state index contributed by atoms with van der Waals surface area (Å²) in [5, 5.41) is 10.9. The molecule has 0 spiro atoms. The van der Waals surface area contributed by atoms with Crippen LogP contribution in [0.5, 0.6) is 11.5 Å². The number of nitrogens with zero attached hydrogens (tertiary/aromatic N) is 5. The lowest BCUT2D eigenvalue weighted by Gasteiger charge is -2.11. The van der Waals surface area contributed by atoms with E-state index in [-0.39, 0.29) is 40.3 Å². The fourth-order valence-electron chi connectivity index (χ4n) is 3.42. The zero-order valence-electron chi connectivity index (χ0n) is 17.0. The first-order valence-corrected chi connectivity index (χ1v) is 10.8. The second-order valence-corrected chi connectivity index (χ2v) is 8.08. The fraction of sp³-hybridized carbons (Fsp3) is 0.0952. The number of thioether (sulfide) groups is 1. The molecule has 0 fully saturated rings. The van der Waals surface area contributed by atoms with E-state index in [2.05, 4.69) is 25.3 Å². The normalized spacial score (nSPS) is 12.5. The predicted octanol–water partition coefficient (Wildman–Crippen LogP) is 3.46. The molecule has 0 saturated heterocycles. The van der Waals surface area contributed by atoms with Crippen molar-refractivity contribution in [2.45, 2.75) is 10.9 Å². The minimum Gasteiger partial charge on any atom is -0.454 e. The van der Waals surface area contributed by atoms with E-state index in [0.717, 1.165) is 23.9 Å². The van der Waals surface area contributed by atoms with E-state index in [1.807, 2.05) is 0 Å². The van der Waals surface area contributed by atoms with Gasteiger partial charge in [-0.3, -0.25) is 14.5 Å². The number of ether oxygens (including phenoxy) is 2. The van der Waals surface area contributed by atoms with Gasteiger partial charge in [0.2, 0.25) is 18.5 Å². The van der Waals surface area contributed by atoms with Crippen LogP contribution < -0.4 is 15.0 Å². The molecule has 6 rings (SSSR count). The summed E-state index contributed by atoms with van der Waals surface area (Å²) in [7, 11) is 0. The summed E-state index contributed by atoms with van der Waals surface area (Å²) in [6.45, 7) is 0.153. The van der Waals surface area contributed by atoms with Gasteiger partial charge in [0.05, 0.1) is 17.6 Å². The molecule has 0 atom stereocenters. The van der Waals surface area contributed by atoms with Gasteiger partial charge in [-0.25, -0.2) is 13.8 Å². The number of hydrogen-bond donors (Lipinski definition) is 1. The lowest BCUT2D eigenvalue weighted by molar-refractivity contribution is 0.174. The van der Waals surface area contributed by atoms with E-state index < -0.39 is 17.2 Å². The van der Waals surface area contributed by atoms with Crippen molar-refractivity contribution in [3.05, 3.63) is 70.5 Å². The SMILES string of the molecule is O=c1c2cn[nH]c2nc(SCc2nc(-c3ccc4c(c3)OCO4)no2)n1-c1ccc(F)c(F)c1. The van der Waals surface area contributed by atoms with Gasteiger partial charge in [-0.15, -0.1) is 0 Å². The number of rotatable bonds is 5. The highest BCUT2D eigenvalue weighted by molar-refractivity contribution is 7.98. The molecule has 3 aromatic heterocycles. The summed E-state index contributed by atoms with van der Waals surface area (Å²) >= 11 is 1.11. The zero-order valence-corrected chi connectivity index (χ0v) is 17.8. The highest BCUT2D eigenvalue weighted by atomic mass is 32.2. The molecule has 13 heteroatoms. The van der Waals surface area contributed by atoms with Gasteiger partial charge in [-0.1, -0.05) is 16.9 Å². The molecule has 0 saturated carbocycles. The maximum atomic E-state index is 13.9. The van der Waals surface area contributed by atoms with Crippen molar-refractivity contribution in [3.8, 4) is 28.6 Å². The van der Waals surface area contributed by atoms with Crippen molar-refractivity contribution in [2.75, 3.05) is 6.79 Å². The minimum atomic E-state index is -1.09. The quantitative estimate of drug-likeness (QED) is 0.296. The van der Waals surface area contributed by atoms with Gasteiger partial charge < -0.3 is 14.0 Å². The predicted molar refractivity (Wildman–Crippen MR) is 115 cm³/mol. The van der Waals surface area contributed by atoms with Crippen LogP contribution in [0, 0.1) is 11.6 Å². The van der Waals surface area contributed by atoms with Gasteiger partial charge in [0.1, 0.15) is 5.39 Å². The van der Waals surface area contributed by atoms with E-state index in [0.29, 0.717) is 22.9 Å². The molecule has 170 valence electrons. The number of aromatic nitrogens is 6. The number of aromatic amines is 1. The van der Waals surface area contributed by atoms with Crippen molar-refractivity contribution in [1.82, 2.24) is 29.9 Å². The maximum absolute atomic E-state index is 13.9. The monoisotopic (exact) mass is 482 g/mol. The minimum absolute atomic E-state index is 0.119. The van der Waals surface area contributed by atoms with Crippen LogP contribution in [0.2, 0.25) is 0 Å². The van der Waals surface area contributed by atoms with E-state index in [1.165, 1.54) is 16.8 Å². The Morgan fingerprint density at radius 1 is 1.06 bits per heavy atom. The molecule has 1 aliphatic rings. The fourth-order valence-corrected chi connectivity index (χ4v) is 4.26. The summed E-state index contributed by atoms with van der Waals surface area (Å²) in [6, 6.07) is 8.45. The van der Waals surface area contributed by atoms with Gasteiger partial charge in [0.25, 0.3) is 5.56 Å². The van der Waals surface area contributed by atoms with Crippen LogP contribution in [-0.4, -0.2) is 36.7 Å². The number of hydrogen-bond acceptors (Lipinski definition) is 9. The van der Waals surface area contributed by atoms with Crippen molar-refractivity contribution in [3.63, 3.8) is 0 Å². The summed E-state index contributed by atoms with van der Waals surface area (Å²) in [6.07, 6.45) is 1.32. The van der Waals surface area contributed by atoms with Crippen LogP contribution in [0.1, 0.15) is 5.89 Å². The van der Waals surface area contributed by atoms with Crippen molar-refractivity contribution in [1.29, 1.82) is 0 Å². The number of nitrogens with one attached hydrogen (secondary N) is 1. The van der Waals surface area contributed by atoms with E-state index in [1.54, 1.807) is 18.2 Å². The van der Waals surface area contributed by atoms with Crippen LogP contribution >= 0.6 is 11.8 Å². The van der Waals surface area contributed by atoms with Crippen LogP contribution in [0.25, 0.3) is 28.1 Å². The van der Waals surface area contributed by atoms with Crippen LogP contribution in [0.4, 0.5) is 8.78 Å². The molecule has 1 aliphatic heterocycles. The van der Waals surface area contributed by atoms with Gasteiger partial charge >= 0.3 is 0 Å². The Hall–Kier alpha value is -4.26. The largest absolute Gasteiger partial charge is 0.454 e. The van der Waals surface area contributed by atoms with E-state index in [9.17, 15) is 13.6 Å². The second-order valence-electron chi connectivity index (χ2n) is 7.13. The summed E-state index contributed by atoms with van der Waals surface area (Å²) in [5.74, 6) is -0.0994. The first kappa shape index (κ1) is 20.4. The Morgan fingerprint density at radius 2 is 1.94 bits per heavy atom. The van der Waals surface area contributed by atoms with E-state index in [4.69, 9.17) is 14.0 Å². The third-order valence-electron chi connectivity index (χ3n) is 5.04. The molecule has 0 bridgehead atoms. The molecule has 0 aliphatic carbocycles. The third kappa shape index (κ3) is 3.46. The smallest absolute Gasteiger partial charge is 0.269 e. The summed E-state index contributed by atoms with van der Waals surface area (Å²) < 4.78 is 44.6. The molecule has 10 nitrogen and oxygen atoms in total. The molecule has 5 aromatic rings. The number of H-pyrrole nitrogens is 1. The Bertz CT molecular complexity index is 1610. The van der Waals surface area contributed by atoms with Gasteiger partial charge in [-0.2, -0.15) is 10.1 Å². The number of benzene rings is 2. The third-order valence-corrected chi connectivity index (χ3v) is 5.96. The summed E-state index contributed by atoms with van der Waals surface area (Å²) in [4.78, 5) is 21.9. The van der Waals surface area contributed by atoms with E-state index >= 15 is 0 Å². The lowest BCUT2D eigenvalue weighted by atomic mass is 10.2. The highest BCUT2D eigenvalue weighted by Gasteiger charge is 2.19. The van der Waals surface area contributed by atoms with Gasteiger partial charge in [0, 0.05) is 11.6 Å². The standard InChI is InChI=1S/C21H12F2N6O4S/c22-13-3-2-11(6-14(13)23)29-20(30)12-7-24-27-19(12)26-21(29)34-8-17-25-18(28-33-17)10-1-4-15-16(5-10)32-9-31-15/h1-7H,8-9H2,(H,24,27). The van der Waals surface area contributed by atoms with Crippen LogP contribution in [0.15, 0.2) is 57.1 Å². The average molecular weight is 482 g/mol. The highest BCUT2D eigenvalue weighted by Crippen LogP contribution is 2.35. The Morgan fingerprint density at radius 3 is 2.82 bits per heavy atom. The topological polar surface area (TPSA) is 121 Å². The molecule has 0 unspecified atom stereocenters. The van der Waals surface area contributed by atoms with Crippen LogP contribution in [0.3, 0.4) is 0 Å².